The van der Waals surface area contributed by atoms with Crippen LogP contribution in [0.15, 0.2) is 46.9 Å². The van der Waals surface area contributed by atoms with Crippen LogP contribution in [0.4, 0.5) is 0 Å². The molecule has 1 heterocycles. The fraction of sp³-hybridized carbons (Fsp3) is 0.417. The van der Waals surface area contributed by atoms with E-state index in [2.05, 4.69) is 26.8 Å². The third-order valence-corrected chi connectivity index (χ3v) is 4.99. The summed E-state index contributed by atoms with van der Waals surface area (Å²) in [5.41, 5.74) is 2.29. The minimum Gasteiger partial charge on any atom is -0.495 e. The summed E-state index contributed by atoms with van der Waals surface area (Å²) in [5.74, 6) is 0.291. The molecule has 0 aliphatic rings. The number of Topliss-reactive ketones (excluding diaryl/α,β-unsaturated/α-hetero) is 1. The zero-order valence-electron chi connectivity index (χ0n) is 18.5. The number of pyridine rings is 1. The van der Waals surface area contributed by atoms with Gasteiger partial charge in [-0.25, -0.2) is 0 Å². The molecule has 0 saturated heterocycles. The fourth-order valence-corrected chi connectivity index (χ4v) is 3.83. The minimum atomic E-state index is -0.425. The lowest BCUT2D eigenvalue weighted by molar-refractivity contribution is 0.101. The molecule has 2 rings (SSSR count). The van der Waals surface area contributed by atoms with Crippen molar-refractivity contribution in [3.8, 4) is 16.9 Å². The van der Waals surface area contributed by atoms with Crippen molar-refractivity contribution >= 4 is 17.4 Å². The number of aliphatic hydroxyl groups excluding tert-OH is 1. The van der Waals surface area contributed by atoms with Gasteiger partial charge in [-0.15, -0.1) is 0 Å². The molecule has 0 radical (unpaired) electrons. The second kappa shape index (κ2) is 9.63. The predicted molar refractivity (Wildman–Crippen MR) is 122 cm³/mol. The molecular weight excluding hydrogens is 402 g/mol. The first kappa shape index (κ1) is 23.9. The Kier molecular flexibility index (Phi) is 7.67. The molecule has 0 bridgehead atoms. The number of halogens is 1. The van der Waals surface area contributed by atoms with Gasteiger partial charge in [-0.3, -0.25) is 9.59 Å². The first-order valence-electron chi connectivity index (χ1n) is 9.87. The number of carbonyl (C=O) groups is 1. The number of hydrogen-bond acceptors (Lipinski definition) is 4. The SMILES string of the molecule is COc1cn(C(CO)CC(C)=CC(C)(C)C)c(=O)cc1-c1cc(Cl)ccc1C(C)=O. The molecule has 0 saturated carbocycles. The van der Waals surface area contributed by atoms with Crippen LogP contribution in [-0.2, 0) is 0 Å². The number of methoxy groups -OCH3 is 1. The van der Waals surface area contributed by atoms with Crippen LogP contribution < -0.4 is 10.3 Å². The normalized spacial score (nSPS) is 13.3. The van der Waals surface area contributed by atoms with Crippen molar-refractivity contribution in [3.63, 3.8) is 0 Å². The Morgan fingerprint density at radius 3 is 2.43 bits per heavy atom. The summed E-state index contributed by atoms with van der Waals surface area (Å²) in [7, 11) is 1.50. The molecule has 0 fully saturated rings. The number of hydrogen-bond donors (Lipinski definition) is 1. The van der Waals surface area contributed by atoms with Gasteiger partial charge < -0.3 is 14.4 Å². The Bertz CT molecular complexity index is 1010. The molecule has 0 aliphatic carbocycles. The molecular formula is C24H30ClNO4. The van der Waals surface area contributed by atoms with Crippen LogP contribution in [0.5, 0.6) is 5.75 Å². The van der Waals surface area contributed by atoms with Crippen molar-refractivity contribution in [3.05, 3.63) is 63.1 Å². The highest BCUT2D eigenvalue weighted by atomic mass is 35.5. The van der Waals surface area contributed by atoms with Crippen LogP contribution >= 0.6 is 11.6 Å². The molecule has 0 amide bonds. The van der Waals surface area contributed by atoms with E-state index in [-0.39, 0.29) is 23.4 Å². The monoisotopic (exact) mass is 431 g/mol. The number of ketones is 1. The van der Waals surface area contributed by atoms with Crippen LogP contribution in [0, 0.1) is 5.41 Å². The first-order valence-corrected chi connectivity index (χ1v) is 10.2. The molecule has 2 aromatic rings. The standard InChI is InChI=1S/C24H30ClNO4/c1-15(12-24(3,4)5)9-18(14-27)26-13-22(30-6)21(11-23(26)29)20-10-17(25)7-8-19(20)16(2)28/h7-8,10-13,18,27H,9,14H2,1-6H3. The Balaban J connectivity index is 2.58. The quantitative estimate of drug-likeness (QED) is 0.477. The average molecular weight is 432 g/mol. The molecule has 162 valence electrons. The molecule has 1 unspecified atom stereocenters. The van der Waals surface area contributed by atoms with Crippen LogP contribution in [-0.4, -0.2) is 29.2 Å². The van der Waals surface area contributed by atoms with Crippen LogP contribution in [0.3, 0.4) is 0 Å². The second-order valence-electron chi connectivity index (χ2n) is 8.64. The maximum atomic E-state index is 13.0. The molecule has 1 aromatic carbocycles. The average Bonchev–Trinajstić information content (AvgIpc) is 2.64. The summed E-state index contributed by atoms with van der Waals surface area (Å²) >= 11 is 6.15. The molecule has 30 heavy (non-hydrogen) atoms. The van der Waals surface area contributed by atoms with Crippen LogP contribution in [0.25, 0.3) is 11.1 Å². The Hall–Kier alpha value is -2.37. The van der Waals surface area contributed by atoms with E-state index in [1.54, 1.807) is 24.4 Å². The van der Waals surface area contributed by atoms with Gasteiger partial charge in [0, 0.05) is 22.2 Å². The fourth-order valence-electron chi connectivity index (χ4n) is 3.65. The van der Waals surface area contributed by atoms with Gasteiger partial charge in [0.25, 0.3) is 5.56 Å². The molecule has 6 heteroatoms. The number of ether oxygens (including phenoxy) is 1. The third kappa shape index (κ3) is 5.83. The number of carbonyl (C=O) groups excluding carboxylic acids is 1. The Morgan fingerprint density at radius 2 is 1.90 bits per heavy atom. The first-order chi connectivity index (χ1) is 14.0. The van der Waals surface area contributed by atoms with Crippen molar-refractivity contribution in [2.45, 2.75) is 47.1 Å². The number of allylic oxidation sites excluding steroid dienone is 2. The Labute approximate surface area is 183 Å². The number of aliphatic hydroxyl groups is 1. The smallest absolute Gasteiger partial charge is 0.251 e. The highest BCUT2D eigenvalue weighted by Gasteiger charge is 2.20. The van der Waals surface area contributed by atoms with E-state index in [0.29, 0.717) is 33.9 Å². The molecule has 1 atom stereocenters. The molecule has 0 aliphatic heterocycles. The number of nitrogens with zero attached hydrogens (tertiary/aromatic N) is 1. The van der Waals surface area contributed by atoms with E-state index < -0.39 is 6.04 Å². The van der Waals surface area contributed by atoms with Crippen molar-refractivity contribution in [2.24, 2.45) is 5.41 Å². The molecule has 1 N–H and O–H groups in total. The van der Waals surface area contributed by atoms with Crippen molar-refractivity contribution in [1.29, 1.82) is 0 Å². The van der Waals surface area contributed by atoms with E-state index in [1.165, 1.54) is 24.7 Å². The summed E-state index contributed by atoms with van der Waals surface area (Å²) < 4.78 is 7.03. The summed E-state index contributed by atoms with van der Waals surface area (Å²) in [6.07, 6.45) is 4.26. The van der Waals surface area contributed by atoms with Gasteiger partial charge in [-0.1, -0.05) is 44.0 Å². The van der Waals surface area contributed by atoms with E-state index >= 15 is 0 Å². The maximum absolute atomic E-state index is 13.0. The summed E-state index contributed by atoms with van der Waals surface area (Å²) in [6.45, 7) is 9.58. The summed E-state index contributed by atoms with van der Waals surface area (Å²) in [4.78, 5) is 25.1. The number of rotatable bonds is 7. The lowest BCUT2D eigenvalue weighted by Crippen LogP contribution is -2.27. The van der Waals surface area contributed by atoms with Crippen molar-refractivity contribution in [2.75, 3.05) is 13.7 Å². The van der Waals surface area contributed by atoms with Gasteiger partial charge in [0.15, 0.2) is 5.78 Å². The summed E-state index contributed by atoms with van der Waals surface area (Å²) in [5, 5.41) is 10.4. The number of benzene rings is 1. The van der Waals surface area contributed by atoms with Gasteiger partial charge in [0.05, 0.1) is 26.0 Å². The Morgan fingerprint density at radius 1 is 1.23 bits per heavy atom. The highest BCUT2D eigenvalue weighted by molar-refractivity contribution is 6.31. The zero-order chi connectivity index (χ0) is 22.6. The largest absolute Gasteiger partial charge is 0.495 e. The minimum absolute atomic E-state index is 0.00622. The van der Waals surface area contributed by atoms with E-state index in [1.807, 2.05) is 6.92 Å². The predicted octanol–water partition coefficient (Wildman–Crippen LogP) is 5.30. The van der Waals surface area contributed by atoms with Gasteiger partial charge in [-0.2, -0.15) is 0 Å². The zero-order valence-corrected chi connectivity index (χ0v) is 19.2. The van der Waals surface area contributed by atoms with Crippen molar-refractivity contribution in [1.82, 2.24) is 4.57 Å². The highest BCUT2D eigenvalue weighted by Crippen LogP contribution is 2.34. The lowest BCUT2D eigenvalue weighted by atomic mass is 9.92. The molecule has 1 aromatic heterocycles. The van der Waals surface area contributed by atoms with E-state index in [9.17, 15) is 14.7 Å². The summed E-state index contributed by atoms with van der Waals surface area (Å²) in [6, 6.07) is 5.94. The van der Waals surface area contributed by atoms with E-state index in [4.69, 9.17) is 16.3 Å². The molecule has 0 spiro atoms. The third-order valence-electron chi connectivity index (χ3n) is 4.76. The van der Waals surface area contributed by atoms with Gasteiger partial charge in [0.1, 0.15) is 5.75 Å². The lowest BCUT2D eigenvalue weighted by Gasteiger charge is -2.22. The topological polar surface area (TPSA) is 68.5 Å². The van der Waals surface area contributed by atoms with Gasteiger partial charge >= 0.3 is 0 Å². The van der Waals surface area contributed by atoms with Gasteiger partial charge in [0.2, 0.25) is 0 Å². The van der Waals surface area contributed by atoms with Crippen LogP contribution in [0.1, 0.15) is 57.4 Å². The number of aromatic nitrogens is 1. The van der Waals surface area contributed by atoms with Gasteiger partial charge in [-0.05, 0) is 49.4 Å². The van der Waals surface area contributed by atoms with Crippen LogP contribution in [0.2, 0.25) is 5.02 Å². The van der Waals surface area contributed by atoms with E-state index in [0.717, 1.165) is 5.57 Å². The second-order valence-corrected chi connectivity index (χ2v) is 9.08. The maximum Gasteiger partial charge on any atom is 0.251 e. The molecule has 5 nitrogen and oxygen atoms in total. The van der Waals surface area contributed by atoms with Crippen molar-refractivity contribution < 1.29 is 14.6 Å².